The minimum atomic E-state index is -3.77. The average molecular weight is 365 g/mol. The van der Waals surface area contributed by atoms with Gasteiger partial charge in [-0.3, -0.25) is 4.79 Å². The molecule has 7 nitrogen and oxygen atoms in total. The molecule has 0 aliphatic carbocycles. The Morgan fingerprint density at radius 1 is 1.20 bits per heavy atom. The highest BCUT2D eigenvalue weighted by Gasteiger charge is 2.30. The second-order valence-corrected chi connectivity index (χ2v) is 8.51. The van der Waals surface area contributed by atoms with Crippen LogP contribution in [0.25, 0.3) is 0 Å². The third kappa shape index (κ3) is 4.88. The van der Waals surface area contributed by atoms with Crippen LogP contribution in [0.5, 0.6) is 0 Å². The van der Waals surface area contributed by atoms with E-state index in [1.807, 2.05) is 32.9 Å². The summed E-state index contributed by atoms with van der Waals surface area (Å²) in [5.74, 6) is -0.579. The third-order valence-electron chi connectivity index (χ3n) is 3.86. The summed E-state index contributed by atoms with van der Waals surface area (Å²) in [5, 5.41) is 5.13. The summed E-state index contributed by atoms with van der Waals surface area (Å²) in [5.41, 5.74) is 1.69. The highest BCUT2D eigenvalue weighted by atomic mass is 32.2. The van der Waals surface area contributed by atoms with E-state index in [2.05, 4.69) is 15.5 Å². The summed E-state index contributed by atoms with van der Waals surface area (Å²) in [6.45, 7) is 7.14. The van der Waals surface area contributed by atoms with Gasteiger partial charge in [0.2, 0.25) is 11.8 Å². The van der Waals surface area contributed by atoms with Crippen molar-refractivity contribution in [1.82, 2.24) is 10.1 Å². The average Bonchev–Trinajstić information content (AvgIpc) is 3.02. The maximum Gasteiger partial charge on any atom is 0.242 e. The maximum absolute atomic E-state index is 12.4. The molecule has 25 heavy (non-hydrogen) atoms. The Bertz CT molecular complexity index is 826. The summed E-state index contributed by atoms with van der Waals surface area (Å²) in [4.78, 5) is 16.3. The fourth-order valence-corrected chi connectivity index (χ4v) is 3.19. The highest BCUT2D eigenvalue weighted by molar-refractivity contribution is 7.92. The van der Waals surface area contributed by atoms with Crippen molar-refractivity contribution in [3.8, 4) is 0 Å². The first kappa shape index (κ1) is 19.1. The number of carbonyl (C=O) groups excluding carboxylic acids is 1. The van der Waals surface area contributed by atoms with Crippen molar-refractivity contribution in [1.29, 1.82) is 0 Å². The number of carbonyl (C=O) groups is 1. The summed E-state index contributed by atoms with van der Waals surface area (Å²) >= 11 is 0. The largest absolute Gasteiger partial charge is 0.338 e. The van der Waals surface area contributed by atoms with Crippen LogP contribution in [-0.4, -0.2) is 29.7 Å². The quantitative estimate of drug-likeness (QED) is 0.809. The van der Waals surface area contributed by atoms with Gasteiger partial charge in [-0.25, -0.2) is 8.42 Å². The van der Waals surface area contributed by atoms with Crippen LogP contribution in [0.2, 0.25) is 0 Å². The summed E-state index contributed by atoms with van der Waals surface area (Å²) < 4.78 is 29.8. The van der Waals surface area contributed by atoms with E-state index in [0.29, 0.717) is 11.5 Å². The molecule has 136 valence electrons. The molecule has 0 saturated heterocycles. The molecule has 1 amide bonds. The zero-order valence-corrected chi connectivity index (χ0v) is 15.6. The van der Waals surface area contributed by atoms with Gasteiger partial charge in [-0.2, -0.15) is 4.98 Å². The zero-order chi connectivity index (χ0) is 18.6. The van der Waals surface area contributed by atoms with Gasteiger partial charge in [0.15, 0.2) is 15.7 Å². The second-order valence-electron chi connectivity index (χ2n) is 6.19. The Morgan fingerprint density at radius 2 is 1.84 bits per heavy atom. The monoisotopic (exact) mass is 365 g/mol. The van der Waals surface area contributed by atoms with Gasteiger partial charge in [0.1, 0.15) is 11.0 Å². The first-order valence-electron chi connectivity index (χ1n) is 8.16. The smallest absolute Gasteiger partial charge is 0.242 e. The second kappa shape index (κ2) is 7.77. The molecule has 2 rings (SSSR count). The van der Waals surface area contributed by atoms with Crippen molar-refractivity contribution in [3.63, 3.8) is 0 Å². The highest BCUT2D eigenvalue weighted by Crippen LogP contribution is 2.16. The predicted molar refractivity (Wildman–Crippen MR) is 94.9 cm³/mol. The standard InChI is InChI=1S/C17H23N3O4S/c1-5-13-6-8-14(9-7-13)18-17(21)12(4)25(22,23)10-15-19-16(11(2)3)20-24-15/h6-9,11-12H,5,10H2,1-4H3,(H,18,21)/t12-/m1/s1. The van der Waals surface area contributed by atoms with E-state index >= 15 is 0 Å². The molecule has 1 heterocycles. The van der Waals surface area contributed by atoms with Crippen LogP contribution in [0.1, 0.15) is 50.9 Å². The number of sulfone groups is 1. The van der Waals surface area contributed by atoms with Gasteiger partial charge in [0.05, 0.1) is 0 Å². The lowest BCUT2D eigenvalue weighted by Gasteiger charge is -2.12. The molecule has 0 bridgehead atoms. The Balaban J connectivity index is 2.05. The van der Waals surface area contributed by atoms with Crippen LogP contribution in [0.3, 0.4) is 0 Å². The van der Waals surface area contributed by atoms with Gasteiger partial charge in [-0.15, -0.1) is 0 Å². The number of amides is 1. The third-order valence-corrected chi connectivity index (χ3v) is 5.80. The lowest BCUT2D eigenvalue weighted by atomic mass is 10.1. The molecule has 0 aliphatic rings. The number of anilines is 1. The molecule has 1 aromatic carbocycles. The fourth-order valence-electron chi connectivity index (χ4n) is 2.09. The van der Waals surface area contributed by atoms with E-state index in [1.54, 1.807) is 12.1 Å². The minimum absolute atomic E-state index is 0.00403. The normalized spacial score (nSPS) is 13.0. The van der Waals surface area contributed by atoms with Gasteiger partial charge in [0.25, 0.3) is 0 Å². The molecule has 8 heteroatoms. The van der Waals surface area contributed by atoms with Crippen molar-refractivity contribution in [2.24, 2.45) is 0 Å². The van der Waals surface area contributed by atoms with Crippen molar-refractivity contribution in [2.75, 3.05) is 5.32 Å². The molecule has 0 radical (unpaired) electrons. The lowest BCUT2D eigenvalue weighted by Crippen LogP contribution is -2.33. The molecule has 0 unspecified atom stereocenters. The van der Waals surface area contributed by atoms with Crippen molar-refractivity contribution in [3.05, 3.63) is 41.5 Å². The van der Waals surface area contributed by atoms with Crippen LogP contribution in [0.15, 0.2) is 28.8 Å². The molecular formula is C17H23N3O4S. The Labute approximate surface area is 147 Å². The van der Waals surface area contributed by atoms with E-state index in [9.17, 15) is 13.2 Å². The molecule has 1 atom stereocenters. The number of nitrogens with zero attached hydrogens (tertiary/aromatic N) is 2. The number of hydrogen-bond acceptors (Lipinski definition) is 6. The maximum atomic E-state index is 12.4. The SMILES string of the molecule is CCc1ccc(NC(=O)[C@@H](C)S(=O)(=O)Cc2nc(C(C)C)no2)cc1. The molecule has 2 aromatic rings. The van der Waals surface area contributed by atoms with E-state index in [-0.39, 0.29) is 11.8 Å². The first-order chi connectivity index (χ1) is 11.7. The van der Waals surface area contributed by atoms with Crippen LogP contribution in [0.4, 0.5) is 5.69 Å². The minimum Gasteiger partial charge on any atom is -0.338 e. The van der Waals surface area contributed by atoms with Crippen molar-refractivity contribution in [2.45, 2.75) is 51.0 Å². The first-order valence-corrected chi connectivity index (χ1v) is 9.88. The van der Waals surface area contributed by atoms with Crippen LogP contribution >= 0.6 is 0 Å². The predicted octanol–water partition coefficient (Wildman–Crippen LogP) is 2.70. The number of rotatable bonds is 7. The lowest BCUT2D eigenvalue weighted by molar-refractivity contribution is -0.115. The Kier molecular flexibility index (Phi) is 5.94. The molecule has 0 fully saturated rings. The fraction of sp³-hybridized carbons (Fsp3) is 0.471. The van der Waals surface area contributed by atoms with E-state index in [4.69, 9.17) is 4.52 Å². The van der Waals surface area contributed by atoms with Gasteiger partial charge < -0.3 is 9.84 Å². The zero-order valence-electron chi connectivity index (χ0n) is 14.8. The van der Waals surface area contributed by atoms with Gasteiger partial charge in [0, 0.05) is 11.6 Å². The molecule has 0 aliphatic heterocycles. The molecule has 0 saturated carbocycles. The van der Waals surface area contributed by atoms with Crippen LogP contribution in [-0.2, 0) is 26.8 Å². The van der Waals surface area contributed by atoms with E-state index in [1.165, 1.54) is 6.92 Å². The summed E-state index contributed by atoms with van der Waals surface area (Å²) in [7, 11) is -3.77. The van der Waals surface area contributed by atoms with E-state index < -0.39 is 26.7 Å². The Hall–Kier alpha value is -2.22. The summed E-state index contributed by atoms with van der Waals surface area (Å²) in [6, 6.07) is 7.29. The van der Waals surface area contributed by atoms with Gasteiger partial charge in [-0.05, 0) is 31.0 Å². The number of aryl methyl sites for hydroxylation is 1. The van der Waals surface area contributed by atoms with E-state index in [0.717, 1.165) is 12.0 Å². The molecule has 1 aromatic heterocycles. The van der Waals surface area contributed by atoms with Crippen molar-refractivity contribution < 1.29 is 17.7 Å². The topological polar surface area (TPSA) is 102 Å². The van der Waals surface area contributed by atoms with Gasteiger partial charge in [-0.1, -0.05) is 38.1 Å². The molecule has 0 spiro atoms. The number of aromatic nitrogens is 2. The number of benzene rings is 1. The molecular weight excluding hydrogens is 342 g/mol. The van der Waals surface area contributed by atoms with Crippen LogP contribution in [0, 0.1) is 0 Å². The number of nitrogens with one attached hydrogen (secondary N) is 1. The van der Waals surface area contributed by atoms with Gasteiger partial charge >= 0.3 is 0 Å². The Morgan fingerprint density at radius 3 is 2.36 bits per heavy atom. The number of hydrogen-bond donors (Lipinski definition) is 1. The molecule has 1 N–H and O–H groups in total. The van der Waals surface area contributed by atoms with Crippen molar-refractivity contribution >= 4 is 21.4 Å². The summed E-state index contributed by atoms with van der Waals surface area (Å²) in [6.07, 6.45) is 0.890. The van der Waals surface area contributed by atoms with Crippen LogP contribution < -0.4 is 5.32 Å².